The van der Waals surface area contributed by atoms with Gasteiger partial charge in [0, 0.05) is 5.41 Å². The lowest BCUT2D eigenvalue weighted by molar-refractivity contribution is -0.186. The first-order valence-corrected chi connectivity index (χ1v) is 7.76. The first kappa shape index (κ1) is 13.9. The number of hydrogen-bond acceptors (Lipinski definition) is 2. The minimum Gasteiger partial charge on any atom is -0.459 e. The molecule has 2 atom stereocenters. The van der Waals surface area contributed by atoms with Crippen LogP contribution in [0.1, 0.15) is 78.6 Å². The molecule has 0 bridgehead atoms. The Hall–Kier alpha value is -0.530. The summed E-state index contributed by atoms with van der Waals surface area (Å²) in [6, 6.07) is 0. The number of esters is 1. The molecule has 0 N–H and O–H groups in total. The van der Waals surface area contributed by atoms with E-state index >= 15 is 0 Å². The third-order valence-electron chi connectivity index (χ3n) is 5.58. The van der Waals surface area contributed by atoms with Crippen molar-refractivity contribution in [1.29, 1.82) is 0 Å². The fraction of sp³-hybridized carbons (Fsp3) is 0.938. The van der Waals surface area contributed by atoms with Crippen molar-refractivity contribution < 1.29 is 9.53 Å². The zero-order valence-electron chi connectivity index (χ0n) is 12.3. The molecule has 2 fully saturated rings. The molecule has 0 saturated heterocycles. The molecule has 2 aliphatic carbocycles. The molecule has 2 rings (SSSR count). The van der Waals surface area contributed by atoms with Crippen LogP contribution in [0, 0.1) is 11.3 Å². The quantitative estimate of drug-likeness (QED) is 0.693. The Morgan fingerprint density at radius 1 is 1.11 bits per heavy atom. The van der Waals surface area contributed by atoms with Gasteiger partial charge in [-0.05, 0) is 45.4 Å². The van der Waals surface area contributed by atoms with E-state index in [9.17, 15) is 4.79 Å². The molecule has 0 aromatic rings. The fourth-order valence-electron chi connectivity index (χ4n) is 3.93. The maximum absolute atomic E-state index is 12.2. The summed E-state index contributed by atoms with van der Waals surface area (Å²) in [4.78, 5) is 12.2. The van der Waals surface area contributed by atoms with Crippen molar-refractivity contribution in [2.45, 2.75) is 84.2 Å². The number of carbonyl (C=O) groups excluding carboxylic acids is 1. The highest BCUT2D eigenvalue weighted by Crippen LogP contribution is 2.56. The van der Waals surface area contributed by atoms with Gasteiger partial charge in [-0.15, -0.1) is 0 Å². The van der Waals surface area contributed by atoms with E-state index in [1.54, 1.807) is 0 Å². The van der Waals surface area contributed by atoms with Gasteiger partial charge in [-0.25, -0.2) is 0 Å². The SMILES string of the molecule is CCC(C)C(=O)OC1(C)CCCCC12CCCC2. The van der Waals surface area contributed by atoms with Gasteiger partial charge in [0.05, 0.1) is 5.92 Å². The van der Waals surface area contributed by atoms with Crippen LogP contribution in [0.15, 0.2) is 0 Å². The molecule has 104 valence electrons. The predicted molar refractivity (Wildman–Crippen MR) is 73.3 cm³/mol. The van der Waals surface area contributed by atoms with Crippen LogP contribution in [0.4, 0.5) is 0 Å². The standard InChI is InChI=1S/C16H28O2/c1-4-13(2)14(17)18-15(3)9-5-6-10-16(15)11-7-8-12-16/h13H,4-12H2,1-3H3. The van der Waals surface area contributed by atoms with E-state index in [0.717, 1.165) is 12.8 Å². The van der Waals surface area contributed by atoms with Gasteiger partial charge < -0.3 is 4.74 Å². The number of ether oxygens (including phenoxy) is 1. The Kier molecular flexibility index (Phi) is 4.03. The van der Waals surface area contributed by atoms with E-state index in [1.165, 1.54) is 44.9 Å². The van der Waals surface area contributed by atoms with E-state index in [-0.39, 0.29) is 17.5 Å². The molecule has 0 amide bonds. The Morgan fingerprint density at radius 2 is 1.61 bits per heavy atom. The Bertz CT molecular complexity index is 304. The molecular formula is C16H28O2. The van der Waals surface area contributed by atoms with E-state index in [4.69, 9.17) is 4.74 Å². The molecule has 1 spiro atoms. The van der Waals surface area contributed by atoms with Gasteiger partial charge >= 0.3 is 5.97 Å². The maximum atomic E-state index is 12.2. The molecular weight excluding hydrogens is 224 g/mol. The van der Waals surface area contributed by atoms with Crippen LogP contribution in [0.25, 0.3) is 0 Å². The number of carbonyl (C=O) groups is 1. The maximum Gasteiger partial charge on any atom is 0.309 e. The molecule has 2 aliphatic rings. The highest BCUT2D eigenvalue weighted by molar-refractivity contribution is 5.72. The lowest BCUT2D eigenvalue weighted by Gasteiger charge is -2.49. The largest absolute Gasteiger partial charge is 0.459 e. The number of rotatable bonds is 3. The van der Waals surface area contributed by atoms with Crippen LogP contribution in [-0.2, 0) is 9.53 Å². The van der Waals surface area contributed by atoms with Gasteiger partial charge in [-0.3, -0.25) is 4.79 Å². The van der Waals surface area contributed by atoms with Crippen LogP contribution in [-0.4, -0.2) is 11.6 Å². The van der Waals surface area contributed by atoms with E-state index < -0.39 is 0 Å². The van der Waals surface area contributed by atoms with Crippen molar-refractivity contribution in [3.05, 3.63) is 0 Å². The summed E-state index contributed by atoms with van der Waals surface area (Å²) in [6.45, 7) is 6.24. The van der Waals surface area contributed by atoms with E-state index in [2.05, 4.69) is 13.8 Å². The Labute approximate surface area is 111 Å². The normalized spacial score (nSPS) is 32.4. The average Bonchev–Trinajstić information content (AvgIpc) is 2.82. The summed E-state index contributed by atoms with van der Waals surface area (Å²) >= 11 is 0. The summed E-state index contributed by atoms with van der Waals surface area (Å²) < 4.78 is 6.03. The van der Waals surface area contributed by atoms with Gasteiger partial charge in [-0.1, -0.05) is 33.1 Å². The molecule has 0 heterocycles. The van der Waals surface area contributed by atoms with Gasteiger partial charge in [-0.2, -0.15) is 0 Å². The highest BCUT2D eigenvalue weighted by atomic mass is 16.6. The first-order valence-electron chi connectivity index (χ1n) is 7.76. The van der Waals surface area contributed by atoms with Crippen LogP contribution in [0.2, 0.25) is 0 Å². The molecule has 0 aliphatic heterocycles. The van der Waals surface area contributed by atoms with Crippen molar-refractivity contribution in [2.75, 3.05) is 0 Å². The molecule has 18 heavy (non-hydrogen) atoms. The number of hydrogen-bond donors (Lipinski definition) is 0. The van der Waals surface area contributed by atoms with Crippen LogP contribution in [0.5, 0.6) is 0 Å². The molecule has 2 saturated carbocycles. The minimum absolute atomic E-state index is 0.0215. The lowest BCUT2D eigenvalue weighted by Crippen LogP contribution is -2.50. The van der Waals surface area contributed by atoms with Crippen LogP contribution in [0.3, 0.4) is 0 Å². The predicted octanol–water partition coefficient (Wildman–Crippen LogP) is 4.47. The van der Waals surface area contributed by atoms with Gasteiger partial charge in [0.1, 0.15) is 5.60 Å². The van der Waals surface area contributed by atoms with E-state index in [1.807, 2.05) is 6.92 Å². The zero-order valence-corrected chi connectivity index (χ0v) is 12.3. The third kappa shape index (κ3) is 2.31. The van der Waals surface area contributed by atoms with Crippen molar-refractivity contribution in [1.82, 2.24) is 0 Å². The van der Waals surface area contributed by atoms with Gasteiger partial charge in [0.15, 0.2) is 0 Å². The summed E-state index contributed by atoms with van der Waals surface area (Å²) in [5, 5.41) is 0. The van der Waals surface area contributed by atoms with E-state index in [0.29, 0.717) is 5.41 Å². The molecule has 0 aromatic heterocycles. The Balaban J connectivity index is 2.13. The second kappa shape index (κ2) is 5.22. The second-order valence-corrected chi connectivity index (χ2v) is 6.66. The highest BCUT2D eigenvalue weighted by Gasteiger charge is 2.53. The average molecular weight is 252 g/mol. The third-order valence-corrected chi connectivity index (χ3v) is 5.58. The molecule has 2 heteroatoms. The van der Waals surface area contributed by atoms with Crippen molar-refractivity contribution >= 4 is 5.97 Å². The van der Waals surface area contributed by atoms with Crippen molar-refractivity contribution in [2.24, 2.45) is 11.3 Å². The monoisotopic (exact) mass is 252 g/mol. The summed E-state index contributed by atoms with van der Waals surface area (Å²) in [7, 11) is 0. The molecule has 0 aromatic carbocycles. The molecule has 0 radical (unpaired) electrons. The second-order valence-electron chi connectivity index (χ2n) is 6.66. The molecule has 2 unspecified atom stereocenters. The summed E-state index contributed by atoms with van der Waals surface area (Å²) in [5.74, 6) is 0.0652. The van der Waals surface area contributed by atoms with Crippen LogP contribution >= 0.6 is 0 Å². The fourth-order valence-corrected chi connectivity index (χ4v) is 3.93. The smallest absolute Gasteiger partial charge is 0.309 e. The lowest BCUT2D eigenvalue weighted by atomic mass is 9.62. The first-order chi connectivity index (χ1) is 8.53. The summed E-state index contributed by atoms with van der Waals surface area (Å²) in [5.41, 5.74) is 0.108. The molecule has 2 nitrogen and oxygen atoms in total. The van der Waals surface area contributed by atoms with Crippen molar-refractivity contribution in [3.8, 4) is 0 Å². The minimum atomic E-state index is -0.192. The van der Waals surface area contributed by atoms with Gasteiger partial charge in [0.2, 0.25) is 0 Å². The Morgan fingerprint density at radius 3 is 2.11 bits per heavy atom. The van der Waals surface area contributed by atoms with Gasteiger partial charge in [0.25, 0.3) is 0 Å². The van der Waals surface area contributed by atoms with Crippen molar-refractivity contribution in [3.63, 3.8) is 0 Å². The topological polar surface area (TPSA) is 26.3 Å². The van der Waals surface area contributed by atoms with Crippen LogP contribution < -0.4 is 0 Å². The summed E-state index contributed by atoms with van der Waals surface area (Å²) in [6.07, 6.45) is 10.9. The zero-order chi connectivity index (χ0) is 13.2.